The molecule has 0 saturated carbocycles. The van der Waals surface area contributed by atoms with Gasteiger partial charge >= 0.3 is 0 Å². The third-order valence-corrected chi connectivity index (χ3v) is 8.95. The Labute approximate surface area is 273 Å². The van der Waals surface area contributed by atoms with Crippen LogP contribution in [0, 0.1) is 11.6 Å². The highest BCUT2D eigenvalue weighted by Crippen LogP contribution is 2.37. The molecule has 7 aromatic rings. The van der Waals surface area contributed by atoms with Crippen LogP contribution in [-0.4, -0.2) is 70.3 Å². The lowest BCUT2D eigenvalue weighted by atomic mass is 10.0. The van der Waals surface area contributed by atoms with Crippen LogP contribution in [0.1, 0.15) is 42.7 Å². The average Bonchev–Trinajstić information content (AvgIpc) is 3.86. The Morgan fingerprint density at radius 3 is 2.58 bits per heavy atom. The lowest BCUT2D eigenvalue weighted by molar-refractivity contribution is 0.0848. The van der Waals surface area contributed by atoms with Gasteiger partial charge in [0.2, 0.25) is 17.4 Å². The van der Waals surface area contributed by atoms with Crippen molar-refractivity contribution in [2.75, 3.05) is 13.1 Å². The molecular formula is C35H32F2N8O3. The lowest BCUT2D eigenvalue weighted by Gasteiger charge is -2.34. The molecule has 1 aliphatic rings. The number of ether oxygens (including phenoxy) is 2. The third-order valence-electron chi connectivity index (χ3n) is 8.95. The standard InChI is InChI=1S/C35H32F2N8O3/c1-19(2)44-9-7-22(8-10-44)47-31-12-20-11-29(41-27(20)13-23(31)21-15-39-43(3)18-21)33(46)24-16-40-45-30-17-38-32(14-28(30)42-35(24)45)48-34-25(36)5-4-6-26(34)37/h4-6,11-19,22,40-41H,7-10H2,1-3H3. The van der Waals surface area contributed by atoms with Gasteiger partial charge in [0.05, 0.1) is 29.2 Å². The number of nitrogens with zero attached hydrogens (tertiary/aromatic N) is 6. The molecule has 1 saturated heterocycles. The molecule has 48 heavy (non-hydrogen) atoms. The third kappa shape index (κ3) is 5.25. The molecule has 0 radical (unpaired) electrons. The van der Waals surface area contributed by atoms with Crippen molar-refractivity contribution in [2.24, 2.45) is 7.05 Å². The number of carbonyl (C=O) groups is 1. The van der Waals surface area contributed by atoms with Crippen LogP contribution >= 0.6 is 0 Å². The zero-order valence-electron chi connectivity index (χ0n) is 26.5. The van der Waals surface area contributed by atoms with E-state index in [0.717, 1.165) is 65.8 Å². The molecule has 0 spiro atoms. The number of para-hydroxylation sites is 1. The maximum Gasteiger partial charge on any atom is 0.221 e. The Morgan fingerprint density at radius 1 is 1.06 bits per heavy atom. The summed E-state index contributed by atoms with van der Waals surface area (Å²) in [6.07, 6.45) is 8.76. The van der Waals surface area contributed by atoms with Crippen molar-refractivity contribution in [1.29, 1.82) is 0 Å². The maximum absolute atomic E-state index is 14.2. The number of likely N-dealkylation sites (tertiary alicyclic amines) is 1. The molecule has 13 heteroatoms. The van der Waals surface area contributed by atoms with Crippen molar-refractivity contribution in [1.82, 2.24) is 39.2 Å². The number of aryl methyl sites for hydroxylation is 1. The van der Waals surface area contributed by atoms with E-state index >= 15 is 0 Å². The Hall–Kier alpha value is -5.56. The molecule has 0 atom stereocenters. The van der Waals surface area contributed by atoms with Crippen molar-refractivity contribution >= 4 is 33.4 Å². The summed E-state index contributed by atoms with van der Waals surface area (Å²) in [6, 6.07) is 11.2. The molecule has 0 unspecified atom stereocenters. The van der Waals surface area contributed by atoms with Gasteiger partial charge < -0.3 is 19.4 Å². The number of aromatic amines is 2. The predicted octanol–water partition coefficient (Wildman–Crippen LogP) is 6.65. The van der Waals surface area contributed by atoms with Crippen molar-refractivity contribution in [3.63, 3.8) is 0 Å². The zero-order chi connectivity index (χ0) is 33.1. The van der Waals surface area contributed by atoms with Crippen LogP contribution in [0.4, 0.5) is 8.78 Å². The highest BCUT2D eigenvalue weighted by atomic mass is 19.1. The maximum atomic E-state index is 14.2. The largest absolute Gasteiger partial charge is 0.490 e. The fourth-order valence-corrected chi connectivity index (χ4v) is 6.37. The summed E-state index contributed by atoms with van der Waals surface area (Å²) >= 11 is 0. The smallest absolute Gasteiger partial charge is 0.221 e. The van der Waals surface area contributed by atoms with Crippen molar-refractivity contribution < 1.29 is 23.0 Å². The number of halogens is 2. The van der Waals surface area contributed by atoms with Crippen molar-refractivity contribution in [3.8, 4) is 28.5 Å². The summed E-state index contributed by atoms with van der Waals surface area (Å²) in [6.45, 7) is 6.40. The number of hydrogen-bond donors (Lipinski definition) is 2. The minimum atomic E-state index is -0.849. The van der Waals surface area contributed by atoms with Gasteiger partial charge in [-0.05, 0) is 57.0 Å². The van der Waals surface area contributed by atoms with Crippen LogP contribution in [-0.2, 0) is 7.05 Å². The van der Waals surface area contributed by atoms with E-state index in [1.165, 1.54) is 18.3 Å². The second-order valence-corrected chi connectivity index (χ2v) is 12.4. The van der Waals surface area contributed by atoms with Gasteiger partial charge in [-0.2, -0.15) is 5.10 Å². The summed E-state index contributed by atoms with van der Waals surface area (Å²) in [5.74, 6) is -1.81. The number of nitrogens with one attached hydrogen (secondary N) is 2. The Bertz CT molecular complexity index is 2310. The van der Waals surface area contributed by atoms with Crippen LogP contribution in [0.5, 0.6) is 17.4 Å². The average molecular weight is 651 g/mol. The number of aromatic nitrogens is 7. The summed E-state index contributed by atoms with van der Waals surface area (Å²) in [5, 5.41) is 8.28. The molecule has 11 nitrogen and oxygen atoms in total. The number of carbonyl (C=O) groups excluding carboxylic acids is 1. The number of H-pyrrole nitrogens is 2. The van der Waals surface area contributed by atoms with Gasteiger partial charge in [-0.1, -0.05) is 6.07 Å². The molecule has 1 aliphatic heterocycles. The van der Waals surface area contributed by atoms with Gasteiger partial charge in [0.15, 0.2) is 17.3 Å². The fraction of sp³-hybridized carbons (Fsp3) is 0.257. The van der Waals surface area contributed by atoms with Crippen molar-refractivity contribution in [3.05, 3.63) is 90.1 Å². The van der Waals surface area contributed by atoms with Crippen LogP contribution in [0.3, 0.4) is 0 Å². The summed E-state index contributed by atoms with van der Waals surface area (Å²) in [7, 11) is 1.87. The van der Waals surface area contributed by atoms with E-state index in [-0.39, 0.29) is 17.8 Å². The molecule has 0 amide bonds. The predicted molar refractivity (Wildman–Crippen MR) is 176 cm³/mol. The molecule has 0 bridgehead atoms. The number of ketones is 1. The number of imidazole rings is 1. The van der Waals surface area contributed by atoms with Crippen LogP contribution in [0.2, 0.25) is 0 Å². The zero-order valence-corrected chi connectivity index (χ0v) is 26.5. The second kappa shape index (κ2) is 11.6. The minimum Gasteiger partial charge on any atom is -0.490 e. The van der Waals surface area contributed by atoms with E-state index in [4.69, 9.17) is 9.47 Å². The lowest BCUT2D eigenvalue weighted by Crippen LogP contribution is -2.41. The number of fused-ring (bicyclic) bond motifs is 4. The van der Waals surface area contributed by atoms with Crippen molar-refractivity contribution in [2.45, 2.75) is 38.8 Å². The number of benzene rings is 2. The number of piperidine rings is 1. The van der Waals surface area contributed by atoms with Gasteiger partial charge in [-0.3, -0.25) is 14.6 Å². The Balaban J connectivity index is 1.11. The molecule has 6 heterocycles. The topological polar surface area (TPSA) is 118 Å². The van der Waals surface area contributed by atoms with E-state index in [1.54, 1.807) is 15.4 Å². The molecular weight excluding hydrogens is 618 g/mol. The van der Waals surface area contributed by atoms with Gasteiger partial charge in [0, 0.05) is 66.7 Å². The van der Waals surface area contributed by atoms with E-state index in [2.05, 4.69) is 43.9 Å². The first-order valence-corrected chi connectivity index (χ1v) is 15.8. The first-order chi connectivity index (χ1) is 23.2. The summed E-state index contributed by atoms with van der Waals surface area (Å²) in [4.78, 5) is 28.5. The SMILES string of the molecule is CC(C)N1CCC(Oc2cc3cc(C(=O)c4c[nH]n5c4nc4cc(Oc6c(F)cccc6F)ncc45)[nH]c3cc2-c2cnn(C)c2)CC1. The Morgan fingerprint density at radius 2 is 1.85 bits per heavy atom. The van der Waals surface area contributed by atoms with Crippen LogP contribution < -0.4 is 9.47 Å². The van der Waals surface area contributed by atoms with Gasteiger partial charge in [0.1, 0.15) is 17.4 Å². The normalized spacial score (nSPS) is 14.5. The monoisotopic (exact) mass is 650 g/mol. The summed E-state index contributed by atoms with van der Waals surface area (Å²) < 4.78 is 43.7. The van der Waals surface area contributed by atoms with E-state index in [1.807, 2.05) is 37.6 Å². The molecule has 2 aromatic carbocycles. The van der Waals surface area contributed by atoms with Gasteiger partial charge in [-0.15, -0.1) is 0 Å². The number of hydrogen-bond acceptors (Lipinski definition) is 7. The van der Waals surface area contributed by atoms with Gasteiger partial charge in [0.25, 0.3) is 0 Å². The van der Waals surface area contributed by atoms with E-state index in [9.17, 15) is 13.6 Å². The van der Waals surface area contributed by atoms with E-state index < -0.39 is 17.4 Å². The molecule has 8 rings (SSSR count). The molecule has 244 valence electrons. The first-order valence-electron chi connectivity index (χ1n) is 15.8. The second-order valence-electron chi connectivity index (χ2n) is 12.4. The quantitative estimate of drug-likeness (QED) is 0.177. The minimum absolute atomic E-state index is 0.0383. The number of pyridine rings is 1. The first kappa shape index (κ1) is 29.8. The Kier molecular flexibility index (Phi) is 7.20. The summed E-state index contributed by atoms with van der Waals surface area (Å²) in [5.41, 5.74) is 4.68. The molecule has 2 N–H and O–H groups in total. The molecule has 5 aromatic heterocycles. The molecule has 1 fully saturated rings. The number of rotatable bonds is 8. The van der Waals surface area contributed by atoms with Gasteiger partial charge in [-0.25, -0.2) is 23.3 Å². The van der Waals surface area contributed by atoms with E-state index in [0.29, 0.717) is 34.0 Å². The highest BCUT2D eigenvalue weighted by Gasteiger charge is 2.25. The van der Waals surface area contributed by atoms with Crippen LogP contribution in [0.15, 0.2) is 67.3 Å². The van der Waals surface area contributed by atoms with Crippen LogP contribution in [0.25, 0.3) is 38.7 Å². The fourth-order valence-electron chi connectivity index (χ4n) is 6.37. The molecule has 0 aliphatic carbocycles. The highest BCUT2D eigenvalue weighted by molar-refractivity contribution is 6.14.